The fraction of sp³-hybridized carbons (Fsp3) is 0.286. The molecular formula is C14H13IN2O3. The fourth-order valence-corrected chi connectivity index (χ4v) is 2.61. The number of hydrogen-bond donors (Lipinski definition) is 1. The molecule has 0 saturated carbocycles. The number of H-pyrrole nitrogens is 1. The molecule has 0 unspecified atom stereocenters. The molecule has 2 aromatic rings. The van der Waals surface area contributed by atoms with Gasteiger partial charge >= 0.3 is 0 Å². The largest absolute Gasteiger partial charge is 0.454 e. The molecule has 6 heteroatoms. The van der Waals surface area contributed by atoms with Crippen molar-refractivity contribution in [2.24, 2.45) is 0 Å². The Bertz CT molecular complexity index is 712. The van der Waals surface area contributed by atoms with Gasteiger partial charge in [-0.1, -0.05) is 13.3 Å². The van der Waals surface area contributed by atoms with Crippen molar-refractivity contribution in [3.63, 3.8) is 0 Å². The molecule has 1 aliphatic heterocycles. The third-order valence-corrected chi connectivity index (χ3v) is 4.18. The highest BCUT2D eigenvalue weighted by Crippen LogP contribution is 2.34. The number of aromatic nitrogens is 2. The quantitative estimate of drug-likeness (QED) is 0.827. The second-order valence-electron chi connectivity index (χ2n) is 4.49. The van der Waals surface area contributed by atoms with Crippen molar-refractivity contribution < 1.29 is 9.47 Å². The highest BCUT2D eigenvalue weighted by atomic mass is 127. The summed E-state index contributed by atoms with van der Waals surface area (Å²) in [6.07, 6.45) is 1.74. The van der Waals surface area contributed by atoms with Crippen LogP contribution in [0.5, 0.6) is 11.5 Å². The van der Waals surface area contributed by atoms with Crippen molar-refractivity contribution in [3.8, 4) is 22.9 Å². The second kappa shape index (κ2) is 5.43. The van der Waals surface area contributed by atoms with E-state index in [-0.39, 0.29) is 12.4 Å². The van der Waals surface area contributed by atoms with Crippen LogP contribution in [0.1, 0.15) is 19.0 Å². The molecule has 0 bridgehead atoms. The lowest BCUT2D eigenvalue weighted by molar-refractivity contribution is 0.174. The maximum absolute atomic E-state index is 12.0. The summed E-state index contributed by atoms with van der Waals surface area (Å²) in [5.41, 5.74) is 1.56. The lowest BCUT2D eigenvalue weighted by atomic mass is 10.1. The smallest absolute Gasteiger partial charge is 0.264 e. The Morgan fingerprint density at radius 3 is 2.95 bits per heavy atom. The molecule has 0 amide bonds. The SMILES string of the molecule is CCCc1nc(-c2ccc3c(c2)OCO3)[nH]c(=O)c1I. The van der Waals surface area contributed by atoms with Crippen LogP contribution in [0.3, 0.4) is 0 Å². The Kier molecular flexibility index (Phi) is 3.64. The predicted octanol–water partition coefficient (Wildman–Crippen LogP) is 2.72. The minimum absolute atomic E-state index is 0.100. The number of halogens is 1. The van der Waals surface area contributed by atoms with Gasteiger partial charge in [-0.3, -0.25) is 4.79 Å². The maximum atomic E-state index is 12.0. The van der Waals surface area contributed by atoms with Gasteiger partial charge in [-0.15, -0.1) is 0 Å². The first-order valence-electron chi connectivity index (χ1n) is 6.37. The normalized spacial score (nSPS) is 12.7. The fourth-order valence-electron chi connectivity index (χ4n) is 2.09. The number of rotatable bonds is 3. The molecule has 0 spiro atoms. The van der Waals surface area contributed by atoms with Crippen molar-refractivity contribution in [2.75, 3.05) is 6.79 Å². The maximum Gasteiger partial charge on any atom is 0.264 e. The van der Waals surface area contributed by atoms with Gasteiger partial charge in [0.2, 0.25) is 6.79 Å². The van der Waals surface area contributed by atoms with Crippen molar-refractivity contribution in [3.05, 3.63) is 37.8 Å². The molecule has 0 fully saturated rings. The highest BCUT2D eigenvalue weighted by Gasteiger charge is 2.16. The van der Waals surface area contributed by atoms with Crippen molar-refractivity contribution in [1.82, 2.24) is 9.97 Å². The first-order valence-corrected chi connectivity index (χ1v) is 7.45. The highest BCUT2D eigenvalue weighted by molar-refractivity contribution is 14.1. The molecular weight excluding hydrogens is 371 g/mol. The van der Waals surface area contributed by atoms with Crippen molar-refractivity contribution in [2.45, 2.75) is 19.8 Å². The number of hydrogen-bond acceptors (Lipinski definition) is 4. The van der Waals surface area contributed by atoms with E-state index in [9.17, 15) is 4.79 Å². The first-order chi connectivity index (χ1) is 9.69. The zero-order valence-corrected chi connectivity index (χ0v) is 13.1. The zero-order chi connectivity index (χ0) is 14.1. The number of ether oxygens (including phenoxy) is 2. The molecule has 1 aliphatic rings. The van der Waals surface area contributed by atoms with Crippen LogP contribution in [-0.2, 0) is 6.42 Å². The van der Waals surface area contributed by atoms with Crippen molar-refractivity contribution in [1.29, 1.82) is 0 Å². The van der Waals surface area contributed by atoms with Crippen LogP contribution < -0.4 is 15.0 Å². The zero-order valence-electron chi connectivity index (χ0n) is 10.9. The Balaban J connectivity index is 2.08. The first kappa shape index (κ1) is 13.4. The standard InChI is InChI=1S/C14H13IN2O3/c1-2-3-9-12(15)14(18)17-13(16-9)8-4-5-10-11(6-8)20-7-19-10/h4-6H,2-3,7H2,1H3,(H,16,17,18). The Morgan fingerprint density at radius 2 is 2.15 bits per heavy atom. The number of nitrogens with zero attached hydrogens (tertiary/aromatic N) is 1. The summed E-state index contributed by atoms with van der Waals surface area (Å²) < 4.78 is 11.3. The van der Waals surface area contributed by atoms with Gasteiger partial charge in [0.15, 0.2) is 11.5 Å². The average Bonchev–Trinajstić information content (AvgIpc) is 2.91. The van der Waals surface area contributed by atoms with E-state index in [1.54, 1.807) is 0 Å². The number of nitrogens with one attached hydrogen (secondary N) is 1. The lowest BCUT2D eigenvalue weighted by Gasteiger charge is -2.06. The summed E-state index contributed by atoms with van der Waals surface area (Å²) in [6.45, 7) is 2.30. The van der Waals surface area contributed by atoms with E-state index in [2.05, 4.69) is 16.9 Å². The van der Waals surface area contributed by atoms with Crippen LogP contribution in [0.4, 0.5) is 0 Å². The molecule has 0 saturated heterocycles. The Morgan fingerprint density at radius 1 is 1.35 bits per heavy atom. The van der Waals surface area contributed by atoms with Gasteiger partial charge in [0.25, 0.3) is 5.56 Å². The minimum Gasteiger partial charge on any atom is -0.454 e. The van der Waals surface area contributed by atoms with Crippen LogP contribution >= 0.6 is 22.6 Å². The van der Waals surface area contributed by atoms with E-state index in [4.69, 9.17) is 9.47 Å². The van der Waals surface area contributed by atoms with Crippen LogP contribution in [-0.4, -0.2) is 16.8 Å². The van der Waals surface area contributed by atoms with Crippen LogP contribution in [0.25, 0.3) is 11.4 Å². The van der Waals surface area contributed by atoms with Gasteiger partial charge in [-0.05, 0) is 47.2 Å². The molecule has 0 aliphatic carbocycles. The van der Waals surface area contributed by atoms with E-state index < -0.39 is 0 Å². The van der Waals surface area contributed by atoms with Crippen LogP contribution in [0.2, 0.25) is 0 Å². The van der Waals surface area contributed by atoms with E-state index in [0.29, 0.717) is 15.1 Å². The average molecular weight is 384 g/mol. The predicted molar refractivity (Wildman–Crippen MR) is 83.1 cm³/mol. The molecule has 2 heterocycles. The van der Waals surface area contributed by atoms with E-state index >= 15 is 0 Å². The van der Waals surface area contributed by atoms with Crippen LogP contribution in [0.15, 0.2) is 23.0 Å². The van der Waals surface area contributed by atoms with E-state index in [0.717, 1.165) is 29.8 Å². The molecule has 1 aromatic carbocycles. The number of aromatic amines is 1. The van der Waals surface area contributed by atoms with E-state index in [1.165, 1.54) is 0 Å². The van der Waals surface area contributed by atoms with Gasteiger partial charge < -0.3 is 14.5 Å². The monoisotopic (exact) mass is 384 g/mol. The molecule has 0 radical (unpaired) electrons. The Labute approximate surface area is 129 Å². The molecule has 20 heavy (non-hydrogen) atoms. The van der Waals surface area contributed by atoms with Crippen molar-refractivity contribution >= 4 is 22.6 Å². The summed E-state index contributed by atoms with van der Waals surface area (Å²) in [4.78, 5) is 19.4. The molecule has 5 nitrogen and oxygen atoms in total. The van der Waals surface area contributed by atoms with Gasteiger partial charge in [0.1, 0.15) is 5.82 Å². The molecule has 3 rings (SSSR count). The minimum atomic E-state index is -0.100. The summed E-state index contributed by atoms with van der Waals surface area (Å²) >= 11 is 2.04. The summed E-state index contributed by atoms with van der Waals surface area (Å²) in [7, 11) is 0. The van der Waals surface area contributed by atoms with Gasteiger partial charge in [0, 0.05) is 5.56 Å². The third kappa shape index (κ3) is 2.39. The lowest BCUT2D eigenvalue weighted by Crippen LogP contribution is -2.16. The number of fused-ring (bicyclic) bond motifs is 1. The molecule has 1 aromatic heterocycles. The molecule has 1 N–H and O–H groups in total. The van der Waals surface area contributed by atoms with Crippen LogP contribution in [0, 0.1) is 3.57 Å². The molecule has 104 valence electrons. The van der Waals surface area contributed by atoms with E-state index in [1.807, 2.05) is 40.8 Å². The third-order valence-electron chi connectivity index (χ3n) is 3.06. The topological polar surface area (TPSA) is 64.2 Å². The number of aryl methyl sites for hydroxylation is 1. The number of benzene rings is 1. The van der Waals surface area contributed by atoms with Gasteiger partial charge in [-0.25, -0.2) is 4.98 Å². The molecule has 0 atom stereocenters. The summed E-state index contributed by atoms with van der Waals surface area (Å²) in [5, 5.41) is 0. The second-order valence-corrected chi connectivity index (χ2v) is 5.57. The summed E-state index contributed by atoms with van der Waals surface area (Å²) in [5.74, 6) is 1.97. The summed E-state index contributed by atoms with van der Waals surface area (Å²) in [6, 6.07) is 5.53. The Hall–Kier alpha value is -1.57. The van der Waals surface area contributed by atoms with Gasteiger partial charge in [0.05, 0.1) is 9.26 Å². The van der Waals surface area contributed by atoms with Gasteiger partial charge in [-0.2, -0.15) is 0 Å².